The van der Waals surface area contributed by atoms with E-state index in [2.05, 4.69) is 18.8 Å². The summed E-state index contributed by atoms with van der Waals surface area (Å²) in [6.45, 7) is 6.77. The molecule has 0 aliphatic carbocycles. The van der Waals surface area contributed by atoms with Gasteiger partial charge in [0.25, 0.3) is 5.91 Å². The average molecular weight is 433 g/mol. The van der Waals surface area contributed by atoms with Crippen molar-refractivity contribution in [1.29, 1.82) is 0 Å². The Morgan fingerprint density at radius 3 is 2.29 bits per heavy atom. The molecule has 0 spiro atoms. The summed E-state index contributed by atoms with van der Waals surface area (Å²) in [6, 6.07) is 12.1. The Balaban J connectivity index is 1.92. The van der Waals surface area contributed by atoms with Gasteiger partial charge in [0.15, 0.2) is 6.67 Å². The lowest BCUT2D eigenvalue weighted by molar-refractivity contribution is -0.899. The number of amides is 1. The van der Waals surface area contributed by atoms with E-state index in [9.17, 15) is 18.0 Å². The molecule has 166 valence electrons. The van der Waals surface area contributed by atoms with Gasteiger partial charge in [0, 0.05) is 5.56 Å². The highest BCUT2D eigenvalue weighted by molar-refractivity contribution is 6.54. The molecule has 3 rings (SSSR count). The van der Waals surface area contributed by atoms with Gasteiger partial charge in [-0.05, 0) is 37.1 Å². The number of hydrogen-bond acceptors (Lipinski definition) is 2. The second kappa shape index (κ2) is 10.1. The van der Waals surface area contributed by atoms with Gasteiger partial charge >= 0.3 is 6.18 Å². The Labute approximate surface area is 181 Å². The summed E-state index contributed by atoms with van der Waals surface area (Å²) < 4.78 is 39.2. The molecule has 0 saturated carbocycles. The normalized spacial score (nSPS) is 15.2. The smallest absolute Gasteiger partial charge is 0.317 e. The molecule has 31 heavy (non-hydrogen) atoms. The van der Waals surface area contributed by atoms with E-state index in [0.717, 1.165) is 56.6 Å². The number of nitrogens with one attached hydrogen (secondary N) is 1. The number of anilines is 1. The Hall–Kier alpha value is -2.67. The van der Waals surface area contributed by atoms with Gasteiger partial charge in [-0.3, -0.25) is 9.69 Å². The summed E-state index contributed by atoms with van der Waals surface area (Å²) in [7, 11) is 0. The summed E-state index contributed by atoms with van der Waals surface area (Å²) in [4.78, 5) is 20.7. The molecule has 0 unspecified atom stereocenters. The van der Waals surface area contributed by atoms with Crippen LogP contribution in [-0.4, -0.2) is 31.4 Å². The summed E-state index contributed by atoms with van der Waals surface area (Å²) in [6.07, 6.45) is -0.130. The average Bonchev–Trinajstić information content (AvgIpc) is 3.01. The van der Waals surface area contributed by atoms with Crippen LogP contribution in [0.2, 0.25) is 0 Å². The lowest BCUT2D eigenvalue weighted by Crippen LogP contribution is -3.13. The highest BCUT2D eigenvalue weighted by Crippen LogP contribution is 2.33. The van der Waals surface area contributed by atoms with Crippen molar-refractivity contribution in [3.63, 3.8) is 0 Å². The third-order valence-electron chi connectivity index (χ3n) is 5.46. The molecule has 1 aliphatic heterocycles. The zero-order chi connectivity index (χ0) is 22.4. The number of halogens is 3. The van der Waals surface area contributed by atoms with Crippen molar-refractivity contribution >= 4 is 23.0 Å². The molecule has 0 atom stereocenters. The van der Waals surface area contributed by atoms with Crippen LogP contribution in [0, 0.1) is 0 Å². The van der Waals surface area contributed by atoms with Crippen molar-refractivity contribution in [3.8, 4) is 0 Å². The number of nitrogens with zero attached hydrogens (tertiary/aromatic N) is 2. The second-order valence-electron chi connectivity index (χ2n) is 7.87. The topological polar surface area (TPSA) is 37.1 Å². The maximum absolute atomic E-state index is 13.3. The summed E-state index contributed by atoms with van der Waals surface area (Å²) in [5.74, 6) is -0.260. The quantitative estimate of drug-likeness (QED) is 0.617. The van der Waals surface area contributed by atoms with Gasteiger partial charge < -0.3 is 4.90 Å². The van der Waals surface area contributed by atoms with Gasteiger partial charge in [0.05, 0.1) is 30.0 Å². The maximum atomic E-state index is 13.3. The van der Waals surface area contributed by atoms with Crippen LogP contribution in [0.5, 0.6) is 0 Å². The van der Waals surface area contributed by atoms with Gasteiger partial charge in [0.2, 0.25) is 0 Å². The van der Waals surface area contributed by atoms with E-state index in [1.165, 1.54) is 17.0 Å². The number of rotatable bonds is 9. The number of quaternary nitrogens is 1. The number of hydrogen-bond donors (Lipinski definition) is 1. The fourth-order valence-corrected chi connectivity index (χ4v) is 3.77. The Morgan fingerprint density at radius 1 is 0.968 bits per heavy atom. The predicted octanol–water partition coefficient (Wildman–Crippen LogP) is 4.62. The highest BCUT2D eigenvalue weighted by Gasteiger charge is 2.36. The van der Waals surface area contributed by atoms with Gasteiger partial charge in [-0.1, -0.05) is 51.0 Å². The molecule has 0 radical (unpaired) electrons. The van der Waals surface area contributed by atoms with Crippen LogP contribution in [0.25, 0.3) is 0 Å². The minimum Gasteiger partial charge on any atom is -0.317 e. The van der Waals surface area contributed by atoms with E-state index < -0.39 is 11.7 Å². The van der Waals surface area contributed by atoms with Crippen molar-refractivity contribution in [1.82, 2.24) is 0 Å². The molecule has 2 aromatic rings. The first-order valence-corrected chi connectivity index (χ1v) is 10.9. The van der Waals surface area contributed by atoms with Crippen LogP contribution in [-0.2, 0) is 11.0 Å². The molecular formula is C24H29F3N3O+. The molecule has 1 heterocycles. The van der Waals surface area contributed by atoms with E-state index in [-0.39, 0.29) is 17.3 Å². The number of carbonyl (C=O) groups excluding carboxylic acids is 1. The minimum atomic E-state index is -4.46. The molecule has 4 nitrogen and oxygen atoms in total. The molecule has 1 amide bonds. The van der Waals surface area contributed by atoms with Crippen LogP contribution in [0.4, 0.5) is 24.5 Å². The first-order chi connectivity index (χ1) is 14.8. The third kappa shape index (κ3) is 5.53. The van der Waals surface area contributed by atoms with Crippen molar-refractivity contribution in [2.75, 3.05) is 24.7 Å². The molecule has 0 aromatic heterocycles. The summed E-state index contributed by atoms with van der Waals surface area (Å²) in [5.41, 5.74) is 0.968. The van der Waals surface area contributed by atoms with Gasteiger partial charge in [-0.2, -0.15) is 13.2 Å². The molecule has 2 aromatic carbocycles. The van der Waals surface area contributed by atoms with Crippen molar-refractivity contribution in [3.05, 3.63) is 59.7 Å². The third-order valence-corrected chi connectivity index (χ3v) is 5.46. The summed E-state index contributed by atoms with van der Waals surface area (Å²) in [5, 5.41) is 0. The van der Waals surface area contributed by atoms with Gasteiger partial charge in [-0.15, -0.1) is 0 Å². The monoisotopic (exact) mass is 432 g/mol. The van der Waals surface area contributed by atoms with E-state index in [1.54, 1.807) is 11.0 Å². The number of aliphatic imine (C=N–C) groups is 1. The zero-order valence-electron chi connectivity index (χ0n) is 18.0. The first kappa shape index (κ1) is 23.0. The fraction of sp³-hybridized carbons (Fsp3) is 0.417. The molecule has 7 heteroatoms. The molecular weight excluding hydrogens is 403 g/mol. The Morgan fingerprint density at radius 2 is 1.65 bits per heavy atom. The van der Waals surface area contributed by atoms with E-state index in [0.29, 0.717) is 12.2 Å². The number of unbranched alkanes of at least 4 members (excludes halogenated alkanes) is 2. The summed E-state index contributed by atoms with van der Waals surface area (Å²) >= 11 is 0. The molecule has 1 N–H and O–H groups in total. The number of fused-ring (bicyclic) bond motifs is 1. The zero-order valence-corrected chi connectivity index (χ0v) is 18.0. The number of para-hydroxylation sites is 1. The van der Waals surface area contributed by atoms with Crippen molar-refractivity contribution in [2.45, 2.75) is 45.7 Å². The van der Waals surface area contributed by atoms with Crippen LogP contribution in [0.1, 0.15) is 50.7 Å². The highest BCUT2D eigenvalue weighted by atomic mass is 19.4. The largest absolute Gasteiger partial charge is 0.416 e. The van der Waals surface area contributed by atoms with Gasteiger partial charge in [0.1, 0.15) is 5.71 Å². The second-order valence-corrected chi connectivity index (χ2v) is 7.87. The lowest BCUT2D eigenvalue weighted by Gasteiger charge is -2.25. The maximum Gasteiger partial charge on any atom is 0.416 e. The molecule has 0 saturated heterocycles. The van der Waals surface area contributed by atoms with Crippen LogP contribution in [0.15, 0.2) is 53.5 Å². The number of benzene rings is 2. The SMILES string of the molecule is CCCC[NH+](CCCC)CN1C(=O)C(=Nc2cccc(C(F)(F)F)c2)c2ccccc21. The Bertz CT molecular complexity index is 932. The fourth-order valence-electron chi connectivity index (χ4n) is 3.77. The van der Waals surface area contributed by atoms with E-state index in [1.807, 2.05) is 18.2 Å². The minimum absolute atomic E-state index is 0.121. The predicted molar refractivity (Wildman–Crippen MR) is 117 cm³/mol. The van der Waals surface area contributed by atoms with Crippen molar-refractivity contribution < 1.29 is 22.9 Å². The molecule has 0 fully saturated rings. The Kier molecular flexibility index (Phi) is 7.49. The first-order valence-electron chi connectivity index (χ1n) is 10.9. The van der Waals surface area contributed by atoms with Crippen LogP contribution >= 0.6 is 0 Å². The molecule has 0 bridgehead atoms. The standard InChI is InChI=1S/C24H28F3N3O/c1-3-5-14-29(15-6-4-2)17-30-21-13-8-7-12-20(21)22(23(30)31)28-19-11-9-10-18(16-19)24(25,26)27/h7-13,16H,3-6,14-15,17H2,1-2H3/p+1. The van der Waals surface area contributed by atoms with Crippen molar-refractivity contribution in [2.24, 2.45) is 4.99 Å². The van der Waals surface area contributed by atoms with E-state index in [4.69, 9.17) is 0 Å². The van der Waals surface area contributed by atoms with Gasteiger partial charge in [-0.25, -0.2) is 4.99 Å². The van der Waals surface area contributed by atoms with Crippen LogP contribution in [0.3, 0.4) is 0 Å². The lowest BCUT2D eigenvalue weighted by atomic mass is 10.1. The number of carbonyl (C=O) groups is 1. The van der Waals surface area contributed by atoms with Crippen LogP contribution < -0.4 is 9.80 Å². The van der Waals surface area contributed by atoms with E-state index >= 15 is 0 Å². The molecule has 1 aliphatic rings. The number of alkyl halides is 3.